The Morgan fingerprint density at radius 2 is 1.42 bits per heavy atom. The van der Waals surface area contributed by atoms with E-state index in [0.29, 0.717) is 83.0 Å². The average molecular weight is 1370 g/mol. The molecule has 3 aliphatic heterocycles. The third-order valence-corrected chi connectivity index (χ3v) is 21.6. The highest BCUT2D eigenvalue weighted by atomic mass is 32.2. The number of benzene rings is 4. The molecule has 0 unspecified atom stereocenters. The van der Waals surface area contributed by atoms with Crippen molar-refractivity contribution in [1.29, 1.82) is 0 Å². The maximum Gasteiger partial charge on any atom is 0.246 e. The number of fused-ring (bicyclic) bond motifs is 6. The normalized spacial score (nSPS) is 24.1. The molecule has 0 radical (unpaired) electrons. The van der Waals surface area contributed by atoms with Crippen LogP contribution in [0.1, 0.15) is 118 Å². The van der Waals surface area contributed by atoms with Gasteiger partial charge in [-0.05, 0) is 124 Å². The number of nitrogens with two attached hydrogens (primary N) is 1. The van der Waals surface area contributed by atoms with Crippen LogP contribution in [0.25, 0.3) is 21.8 Å². The van der Waals surface area contributed by atoms with E-state index < -0.39 is 71.4 Å². The van der Waals surface area contributed by atoms with E-state index in [-0.39, 0.29) is 50.2 Å². The van der Waals surface area contributed by atoms with Crippen LogP contribution in [-0.2, 0) is 59.5 Å². The fraction of sp³-hybridized carbons (Fsp3) is 0.442. The first-order valence-corrected chi connectivity index (χ1v) is 36.7. The zero-order chi connectivity index (χ0) is 70.2. The lowest BCUT2D eigenvalue weighted by molar-refractivity contribution is -0.142. The highest BCUT2D eigenvalue weighted by Crippen LogP contribution is 2.39. The summed E-state index contributed by atoms with van der Waals surface area (Å²) in [7, 11) is 1.57. The minimum Gasteiger partial charge on any atom is -0.401 e. The number of nitrogens with one attached hydrogen (secondary N) is 9. The summed E-state index contributed by atoms with van der Waals surface area (Å²) in [4.78, 5) is 84.5. The third-order valence-electron chi connectivity index (χ3n) is 19.4. The molecule has 5 amide bonds. The first kappa shape index (κ1) is 73.8. The lowest BCUT2D eigenvalue weighted by atomic mass is 9.92. The molecule has 0 saturated carbocycles. The first-order valence-electron chi connectivity index (χ1n) is 34.4. The Morgan fingerprint density at radius 1 is 0.735 bits per heavy atom. The molecule has 2 saturated heterocycles. The van der Waals surface area contributed by atoms with Gasteiger partial charge >= 0.3 is 0 Å². The van der Waals surface area contributed by atoms with Gasteiger partial charge in [0, 0.05) is 125 Å². The molecule has 21 heteroatoms. The van der Waals surface area contributed by atoms with E-state index in [0.717, 1.165) is 93.5 Å². The summed E-state index contributed by atoms with van der Waals surface area (Å²) in [5.74, 6) is 0.0204. The number of carbonyl (C=O) groups excluding carboxylic acids is 5. The number of halogens is 1. The van der Waals surface area contributed by atoms with E-state index in [1.807, 2.05) is 38.2 Å². The Hall–Kier alpha value is -8.40. The van der Waals surface area contributed by atoms with E-state index in [1.165, 1.54) is 17.0 Å². The van der Waals surface area contributed by atoms with Gasteiger partial charge in [-0.15, -0.1) is 0 Å². The maximum atomic E-state index is 15.7. The molecule has 0 aliphatic carbocycles. The molecule has 3 aliphatic rings. The molecule has 5 heterocycles. The highest BCUT2D eigenvalue weighted by molar-refractivity contribution is 7.98. The van der Waals surface area contributed by atoms with Gasteiger partial charge in [0.1, 0.15) is 30.0 Å². The molecule has 4 aromatic carbocycles. The molecule has 2 aromatic heterocycles. The van der Waals surface area contributed by atoms with Gasteiger partial charge in [-0.2, -0.15) is 23.5 Å². The number of aryl methyl sites for hydroxylation is 2. The van der Waals surface area contributed by atoms with Crippen molar-refractivity contribution in [2.45, 2.75) is 177 Å². The van der Waals surface area contributed by atoms with Crippen molar-refractivity contribution in [2.75, 3.05) is 38.2 Å². The second kappa shape index (κ2) is 34.4. The number of hydrogen-bond acceptors (Lipinski definition) is 13. The number of rotatable bonds is 13. The fourth-order valence-electron chi connectivity index (χ4n) is 13.5. The molecular weight excluding hydrogens is 1270 g/mol. The second-order valence-electron chi connectivity index (χ2n) is 26.9. The van der Waals surface area contributed by atoms with Crippen LogP contribution in [0, 0.1) is 19.7 Å². The number of aromatic nitrogens is 2. The number of amides is 5. The zero-order valence-corrected chi connectivity index (χ0v) is 59.6. The number of thioether (sulfide) groups is 2. The molecule has 98 heavy (non-hydrogen) atoms. The summed E-state index contributed by atoms with van der Waals surface area (Å²) in [5.41, 5.74) is 17.2. The molecule has 0 spiro atoms. The van der Waals surface area contributed by atoms with E-state index in [1.54, 1.807) is 42.9 Å². The van der Waals surface area contributed by atoms with Gasteiger partial charge in [-0.1, -0.05) is 125 Å². The van der Waals surface area contributed by atoms with E-state index in [9.17, 15) is 9.59 Å². The summed E-state index contributed by atoms with van der Waals surface area (Å²) in [6, 6.07) is 21.6. The quantitative estimate of drug-likeness (QED) is 0.0485. The van der Waals surface area contributed by atoms with Crippen molar-refractivity contribution < 1.29 is 33.1 Å². The minimum absolute atomic E-state index is 0.0652. The van der Waals surface area contributed by atoms with Crippen LogP contribution >= 0.6 is 23.5 Å². The number of H-pyrrole nitrogens is 2. The minimum atomic E-state index is -1.26. The first-order chi connectivity index (χ1) is 47.0. The Balaban J connectivity index is 1.04. The van der Waals surface area contributed by atoms with Crippen molar-refractivity contribution in [2.24, 2.45) is 5.73 Å². The molecule has 9 rings (SSSR count). The Kier molecular flexibility index (Phi) is 25.9. The van der Waals surface area contributed by atoms with E-state index >= 15 is 18.8 Å². The van der Waals surface area contributed by atoms with Crippen molar-refractivity contribution in [3.05, 3.63) is 203 Å². The van der Waals surface area contributed by atoms with Crippen LogP contribution in [0.15, 0.2) is 159 Å². The van der Waals surface area contributed by atoms with Crippen LogP contribution in [0.5, 0.6) is 0 Å². The standard InChI is InChI=1S/C77H101FN12O6S2/c1-12-13-14-20-65-73(92)82-41-49(4)83-67(38-58-42-80-63-28-24-48(3)35-61(58)63)74(93)87-68(39-59-43-81-64-29-27-60(78)40-62(59)64)76(95)89-32-16-21-70(89)75(94)88-72(53(8)96-11)51(6)84-66(37-55-25-22-47(2)23-26-55)52(7)90-33-17-31-77(90,10)54(9)85-69(50(5)79)46-98-45-57-19-15-18-56(36-57)44-97-34-30-71(91)86-65/h15,18-19,22-29,35-36,40,42-43,53,65-70,72,80-81,83-85H,4-7,9,12-14,16-17,20-21,30-34,37-39,41,44-46,79H2,1-3,8,10-11H3,(H,82,92)(H,86,91)(H,87,93)(H,88,94)/t53-,65-,66-,67-,68-,69-,70-,72+,77-/m0/s1. The summed E-state index contributed by atoms with van der Waals surface area (Å²) in [6.45, 7) is 33.6. The number of carbonyl (C=O) groups is 5. The lowest BCUT2D eigenvalue weighted by Gasteiger charge is -2.44. The molecule has 18 nitrogen and oxygen atoms in total. The van der Waals surface area contributed by atoms with E-state index in [4.69, 9.17) is 17.0 Å². The van der Waals surface area contributed by atoms with Crippen molar-refractivity contribution in [1.82, 2.24) is 57.0 Å². The lowest BCUT2D eigenvalue weighted by Crippen LogP contribution is -2.59. The predicted octanol–water partition coefficient (Wildman–Crippen LogP) is 10.4. The van der Waals surface area contributed by atoms with Gasteiger partial charge in [0.05, 0.1) is 36.3 Å². The van der Waals surface area contributed by atoms with Crippen LogP contribution in [0.3, 0.4) is 0 Å². The molecule has 11 N–H and O–H groups in total. The molecule has 2 fully saturated rings. The zero-order valence-electron chi connectivity index (χ0n) is 57.9. The van der Waals surface area contributed by atoms with Crippen LogP contribution < -0.4 is 43.0 Å². The molecular formula is C77H101FN12O6S2. The van der Waals surface area contributed by atoms with E-state index in [2.05, 4.69) is 148 Å². The van der Waals surface area contributed by atoms with Crippen molar-refractivity contribution in [3.63, 3.8) is 0 Å². The number of unbranched alkanes of at least 4 members (excludes halogenated alkanes) is 2. The number of ether oxygens (including phenoxy) is 1. The van der Waals surface area contributed by atoms with Gasteiger partial charge in [0.2, 0.25) is 29.5 Å². The van der Waals surface area contributed by atoms with Crippen LogP contribution in [0.2, 0.25) is 0 Å². The monoisotopic (exact) mass is 1370 g/mol. The number of aromatic amines is 2. The Bertz CT molecular complexity index is 3870. The smallest absolute Gasteiger partial charge is 0.246 e. The topological polar surface area (TPSA) is 243 Å². The van der Waals surface area contributed by atoms with Gasteiger partial charge in [-0.3, -0.25) is 24.0 Å². The van der Waals surface area contributed by atoms with Crippen molar-refractivity contribution >= 4 is 74.9 Å². The second-order valence-corrected chi connectivity index (χ2v) is 29.0. The number of nitrogens with zero attached hydrogens (tertiary/aromatic N) is 2. The van der Waals surface area contributed by atoms with Crippen LogP contribution in [-0.4, -0.2) is 141 Å². The third kappa shape index (κ3) is 19.1. The van der Waals surface area contributed by atoms with Crippen LogP contribution in [0.4, 0.5) is 4.39 Å². The summed E-state index contributed by atoms with van der Waals surface area (Å²) in [5, 5.41) is 24.6. The largest absolute Gasteiger partial charge is 0.401 e. The SMILES string of the molecule is C=C1CNC(=O)[C@H](CCCCC)NC(=O)CCSCc2cccc(c2)CSC[C@@H](C(=C)N)NC(=C)[C@]2(C)CCCN2C(=C)[C@H](Cc2ccc(C)cc2)NC(=C)[C@H]([C@H](C)OC)NC(=O)[C@@H]2CCCN2C(=O)[C@H](Cc2c[nH]c3ccc(F)cc23)NC(=O)[C@H](Cc2c[nH]c3ccc(C)cc23)N1. The van der Waals surface area contributed by atoms with Gasteiger partial charge in [0.15, 0.2) is 0 Å². The Morgan fingerprint density at radius 3 is 2.12 bits per heavy atom. The summed E-state index contributed by atoms with van der Waals surface area (Å²) >= 11 is 3.41. The molecule has 9 atom stereocenters. The van der Waals surface area contributed by atoms with Gasteiger partial charge < -0.3 is 67.5 Å². The predicted molar refractivity (Wildman–Crippen MR) is 396 cm³/mol. The van der Waals surface area contributed by atoms with Gasteiger partial charge in [0.25, 0.3) is 0 Å². The average Bonchev–Trinajstić information content (AvgIpc) is 1.76. The highest BCUT2D eigenvalue weighted by Gasteiger charge is 2.44. The molecule has 524 valence electrons. The van der Waals surface area contributed by atoms with Crippen molar-refractivity contribution in [3.8, 4) is 0 Å². The number of methoxy groups -OCH3 is 1. The fourth-order valence-corrected chi connectivity index (χ4v) is 15.5. The maximum absolute atomic E-state index is 15.7. The molecule has 6 aromatic rings. The summed E-state index contributed by atoms with van der Waals surface area (Å²) in [6.07, 6.45) is 9.18. The Labute approximate surface area is 586 Å². The summed E-state index contributed by atoms with van der Waals surface area (Å²) < 4.78 is 21.1. The molecule has 2 bridgehead atoms. The number of hydrogen-bond donors (Lipinski definition) is 10. The van der Waals surface area contributed by atoms with Gasteiger partial charge in [-0.25, -0.2) is 4.39 Å².